The Morgan fingerprint density at radius 3 is 2.75 bits per heavy atom. The summed E-state index contributed by atoms with van der Waals surface area (Å²) in [6, 6.07) is 13.0. The van der Waals surface area contributed by atoms with E-state index in [1.165, 1.54) is 39.9 Å². The standard InChI is InChI=1S/C22H24ClFN4O2S2/c1-15-19(8-9-28(15)12-16-6-4-3-5-7-16)27(2)20-11-18(24)21(10-17(20)23)32(29,30)26-22-13-31-14-25-22/h3-7,10-11,13-15,19,26H,8-9,12H2,1-2H3/t15-,19-/m1/s1. The summed E-state index contributed by atoms with van der Waals surface area (Å²) in [5, 5.41) is 1.71. The van der Waals surface area contributed by atoms with Gasteiger partial charge in [0, 0.05) is 43.7 Å². The predicted molar refractivity (Wildman–Crippen MR) is 127 cm³/mol. The quantitative estimate of drug-likeness (QED) is 0.509. The number of hydrogen-bond donors (Lipinski definition) is 1. The van der Waals surface area contributed by atoms with E-state index in [-0.39, 0.29) is 22.9 Å². The maximum Gasteiger partial charge on any atom is 0.266 e. The minimum absolute atomic E-state index is 0.117. The molecular formula is C22H24ClFN4O2S2. The van der Waals surface area contributed by atoms with Crippen LogP contribution in [0.2, 0.25) is 5.02 Å². The van der Waals surface area contributed by atoms with Crippen LogP contribution in [-0.4, -0.2) is 44.0 Å². The molecule has 0 saturated carbocycles. The van der Waals surface area contributed by atoms with Crippen LogP contribution < -0.4 is 9.62 Å². The molecule has 0 amide bonds. The number of rotatable bonds is 7. The first kappa shape index (κ1) is 23.0. The van der Waals surface area contributed by atoms with Crippen molar-refractivity contribution in [3.05, 3.63) is 69.8 Å². The molecule has 6 nitrogen and oxygen atoms in total. The summed E-state index contributed by atoms with van der Waals surface area (Å²) >= 11 is 7.68. The Hall–Kier alpha value is -2.20. The highest BCUT2D eigenvalue weighted by Crippen LogP contribution is 2.35. The molecule has 4 rings (SSSR count). The molecule has 1 saturated heterocycles. The topological polar surface area (TPSA) is 65.5 Å². The van der Waals surface area contributed by atoms with Gasteiger partial charge in [-0.3, -0.25) is 9.62 Å². The Kier molecular flexibility index (Phi) is 6.71. The van der Waals surface area contributed by atoms with E-state index in [0.717, 1.165) is 19.5 Å². The third-order valence-electron chi connectivity index (χ3n) is 5.91. The van der Waals surface area contributed by atoms with Crippen molar-refractivity contribution in [3.63, 3.8) is 0 Å². The molecule has 2 atom stereocenters. The molecule has 32 heavy (non-hydrogen) atoms. The molecule has 170 valence electrons. The summed E-state index contributed by atoms with van der Waals surface area (Å²) in [4.78, 5) is 7.72. The van der Waals surface area contributed by atoms with Gasteiger partial charge in [0.2, 0.25) is 0 Å². The van der Waals surface area contributed by atoms with Crippen molar-refractivity contribution in [3.8, 4) is 0 Å². The molecule has 3 aromatic rings. The number of anilines is 2. The van der Waals surface area contributed by atoms with Crippen LogP contribution in [0.4, 0.5) is 15.9 Å². The molecule has 0 spiro atoms. The van der Waals surface area contributed by atoms with E-state index in [1.807, 2.05) is 30.1 Å². The smallest absolute Gasteiger partial charge is 0.266 e. The van der Waals surface area contributed by atoms with Crippen molar-refractivity contribution in [1.82, 2.24) is 9.88 Å². The van der Waals surface area contributed by atoms with Crippen molar-refractivity contribution in [2.24, 2.45) is 0 Å². The second kappa shape index (κ2) is 9.35. The summed E-state index contributed by atoms with van der Waals surface area (Å²) in [7, 11) is -2.27. The van der Waals surface area contributed by atoms with E-state index >= 15 is 0 Å². The van der Waals surface area contributed by atoms with Crippen molar-refractivity contribution < 1.29 is 12.8 Å². The van der Waals surface area contributed by atoms with Crippen molar-refractivity contribution >= 4 is 44.5 Å². The number of nitrogens with one attached hydrogen (secondary N) is 1. The van der Waals surface area contributed by atoms with Crippen LogP contribution in [0, 0.1) is 5.82 Å². The molecule has 2 heterocycles. The summed E-state index contributed by atoms with van der Waals surface area (Å²) in [6.45, 7) is 3.90. The molecule has 1 aliphatic rings. The van der Waals surface area contributed by atoms with Gasteiger partial charge in [0.25, 0.3) is 10.0 Å². The molecule has 1 aliphatic heterocycles. The predicted octanol–water partition coefficient (Wildman–Crippen LogP) is 4.84. The summed E-state index contributed by atoms with van der Waals surface area (Å²) in [5.74, 6) is -0.712. The number of hydrogen-bond acceptors (Lipinski definition) is 6. The molecule has 0 unspecified atom stereocenters. The first-order valence-electron chi connectivity index (χ1n) is 10.2. The molecule has 0 bridgehead atoms. The van der Waals surface area contributed by atoms with E-state index < -0.39 is 20.7 Å². The van der Waals surface area contributed by atoms with Crippen LogP contribution in [0.3, 0.4) is 0 Å². The Bertz CT molecular complexity index is 1180. The van der Waals surface area contributed by atoms with Crippen LogP contribution in [0.5, 0.6) is 0 Å². The van der Waals surface area contributed by atoms with E-state index in [0.29, 0.717) is 5.69 Å². The lowest BCUT2D eigenvalue weighted by Gasteiger charge is -2.33. The third kappa shape index (κ3) is 4.76. The lowest BCUT2D eigenvalue weighted by Crippen LogP contribution is -2.41. The zero-order chi connectivity index (χ0) is 22.9. The van der Waals surface area contributed by atoms with E-state index in [1.54, 1.807) is 0 Å². The Morgan fingerprint density at radius 2 is 2.06 bits per heavy atom. The molecule has 2 aromatic carbocycles. The third-order valence-corrected chi connectivity index (χ3v) is 8.17. The van der Waals surface area contributed by atoms with Gasteiger partial charge in [-0.05, 0) is 25.0 Å². The van der Waals surface area contributed by atoms with Gasteiger partial charge in [-0.15, -0.1) is 11.3 Å². The largest absolute Gasteiger partial charge is 0.369 e. The minimum atomic E-state index is -4.14. The maximum absolute atomic E-state index is 14.9. The Labute approximate surface area is 196 Å². The molecule has 0 radical (unpaired) electrons. The second-order valence-corrected chi connectivity index (χ2v) is 10.7. The van der Waals surface area contributed by atoms with Crippen molar-refractivity contribution in [2.45, 2.75) is 36.9 Å². The summed E-state index contributed by atoms with van der Waals surface area (Å²) in [5.41, 5.74) is 3.20. The van der Waals surface area contributed by atoms with Gasteiger partial charge in [0.15, 0.2) is 5.82 Å². The van der Waals surface area contributed by atoms with Crippen molar-refractivity contribution in [1.29, 1.82) is 0 Å². The zero-order valence-corrected chi connectivity index (χ0v) is 20.1. The van der Waals surface area contributed by atoms with Gasteiger partial charge in [-0.1, -0.05) is 41.9 Å². The number of likely N-dealkylation sites (tertiary alicyclic amines) is 1. The van der Waals surface area contributed by atoms with Gasteiger partial charge in [0.05, 0.1) is 16.2 Å². The fraction of sp³-hybridized carbons (Fsp3) is 0.318. The fourth-order valence-electron chi connectivity index (χ4n) is 4.17. The highest BCUT2D eigenvalue weighted by atomic mass is 35.5. The molecule has 1 fully saturated rings. The molecule has 10 heteroatoms. The van der Waals surface area contributed by atoms with Crippen LogP contribution in [0.15, 0.2) is 58.3 Å². The maximum atomic E-state index is 14.9. The van der Waals surface area contributed by atoms with Gasteiger partial charge in [0.1, 0.15) is 10.7 Å². The van der Waals surface area contributed by atoms with Gasteiger partial charge in [-0.2, -0.15) is 0 Å². The molecule has 1 aromatic heterocycles. The number of nitrogens with zero attached hydrogens (tertiary/aromatic N) is 3. The summed E-state index contributed by atoms with van der Waals surface area (Å²) in [6.07, 6.45) is 0.897. The van der Waals surface area contributed by atoms with E-state index in [4.69, 9.17) is 11.6 Å². The molecular weight excluding hydrogens is 471 g/mol. The molecule has 1 N–H and O–H groups in total. The monoisotopic (exact) mass is 494 g/mol. The number of aromatic nitrogens is 1. The lowest BCUT2D eigenvalue weighted by molar-refractivity contribution is 0.250. The number of likely N-dealkylation sites (N-methyl/N-ethyl adjacent to an activating group) is 1. The van der Waals surface area contributed by atoms with Gasteiger partial charge >= 0.3 is 0 Å². The number of benzene rings is 2. The van der Waals surface area contributed by atoms with E-state index in [2.05, 4.69) is 33.7 Å². The zero-order valence-electron chi connectivity index (χ0n) is 17.7. The molecule has 0 aliphatic carbocycles. The average molecular weight is 495 g/mol. The van der Waals surface area contributed by atoms with Crippen molar-refractivity contribution in [2.75, 3.05) is 23.2 Å². The van der Waals surface area contributed by atoms with Crippen LogP contribution in [0.25, 0.3) is 0 Å². The first-order valence-corrected chi connectivity index (χ1v) is 13.0. The lowest BCUT2D eigenvalue weighted by atomic mass is 10.1. The number of thiazole rings is 1. The normalized spacial score (nSPS) is 19.2. The number of sulfonamides is 1. The SMILES string of the molecule is C[C@@H]1[C@H](N(C)c2cc(F)c(S(=O)(=O)Nc3cscn3)cc2Cl)CCN1Cc1ccccc1. The van der Waals surface area contributed by atoms with Gasteiger partial charge < -0.3 is 4.90 Å². The first-order chi connectivity index (χ1) is 15.3. The van der Waals surface area contributed by atoms with Crippen LogP contribution >= 0.6 is 22.9 Å². The van der Waals surface area contributed by atoms with Gasteiger partial charge in [-0.25, -0.2) is 17.8 Å². The summed E-state index contributed by atoms with van der Waals surface area (Å²) < 4.78 is 42.4. The number of halogens is 2. The Morgan fingerprint density at radius 1 is 1.31 bits per heavy atom. The second-order valence-electron chi connectivity index (χ2n) is 7.88. The van der Waals surface area contributed by atoms with E-state index in [9.17, 15) is 12.8 Å². The highest BCUT2D eigenvalue weighted by molar-refractivity contribution is 7.92. The fourth-order valence-corrected chi connectivity index (χ4v) is 6.18. The minimum Gasteiger partial charge on any atom is -0.369 e. The Balaban J connectivity index is 1.53. The highest BCUT2D eigenvalue weighted by Gasteiger charge is 2.34. The van der Waals surface area contributed by atoms with Crippen LogP contribution in [0.1, 0.15) is 18.9 Å². The average Bonchev–Trinajstić information content (AvgIpc) is 3.39. The van der Waals surface area contributed by atoms with Crippen LogP contribution in [-0.2, 0) is 16.6 Å².